The molecule has 4 N–H and O–H groups in total. The number of benzene rings is 3. The molecule has 0 atom stereocenters. The molecule has 170 valence electrons. The average Bonchev–Trinajstić information content (AvgIpc) is 3.10. The SMILES string of the molecule is NS(=O)(=O)c1ccc(NS(=O)(=O)c2ccc(NC(=O)c3sc4ccccc4c3Cl)cc2)cc1. The summed E-state index contributed by atoms with van der Waals surface area (Å²) in [6.45, 7) is 0. The molecule has 4 aromatic rings. The fraction of sp³-hybridized carbons (Fsp3) is 0. The van der Waals surface area contributed by atoms with Crippen molar-refractivity contribution in [2.75, 3.05) is 10.0 Å². The van der Waals surface area contributed by atoms with Gasteiger partial charge in [0.15, 0.2) is 0 Å². The van der Waals surface area contributed by atoms with E-state index in [0.29, 0.717) is 15.6 Å². The van der Waals surface area contributed by atoms with Crippen molar-refractivity contribution in [3.05, 3.63) is 82.7 Å². The van der Waals surface area contributed by atoms with Gasteiger partial charge in [0, 0.05) is 21.5 Å². The zero-order valence-corrected chi connectivity index (χ0v) is 19.9. The van der Waals surface area contributed by atoms with E-state index in [2.05, 4.69) is 10.0 Å². The summed E-state index contributed by atoms with van der Waals surface area (Å²) in [6.07, 6.45) is 0. The summed E-state index contributed by atoms with van der Waals surface area (Å²) in [5.74, 6) is -0.398. The van der Waals surface area contributed by atoms with E-state index < -0.39 is 26.0 Å². The molecule has 0 spiro atoms. The van der Waals surface area contributed by atoms with Gasteiger partial charge in [-0.2, -0.15) is 0 Å². The largest absolute Gasteiger partial charge is 0.321 e. The Morgan fingerprint density at radius 3 is 2.00 bits per heavy atom. The van der Waals surface area contributed by atoms with Crippen molar-refractivity contribution >= 4 is 70.4 Å². The number of anilines is 2. The van der Waals surface area contributed by atoms with Gasteiger partial charge in [0.1, 0.15) is 4.88 Å². The van der Waals surface area contributed by atoms with Crippen LogP contribution in [0.1, 0.15) is 9.67 Å². The average molecular weight is 522 g/mol. The second-order valence-corrected chi connectivity index (χ2v) is 11.6. The zero-order chi connectivity index (χ0) is 23.8. The number of hydrogen-bond donors (Lipinski definition) is 3. The molecule has 1 amide bonds. The molecule has 4 rings (SSSR count). The van der Waals surface area contributed by atoms with Crippen molar-refractivity contribution in [2.24, 2.45) is 5.14 Å². The van der Waals surface area contributed by atoms with E-state index >= 15 is 0 Å². The predicted molar refractivity (Wildman–Crippen MR) is 130 cm³/mol. The van der Waals surface area contributed by atoms with Gasteiger partial charge in [0.25, 0.3) is 15.9 Å². The van der Waals surface area contributed by atoms with Crippen molar-refractivity contribution in [3.63, 3.8) is 0 Å². The third-order valence-electron chi connectivity index (χ3n) is 4.60. The zero-order valence-electron chi connectivity index (χ0n) is 16.6. The van der Waals surface area contributed by atoms with Gasteiger partial charge in [0.2, 0.25) is 10.0 Å². The van der Waals surface area contributed by atoms with Crippen LogP contribution in [0.25, 0.3) is 10.1 Å². The number of carbonyl (C=O) groups excluding carboxylic acids is 1. The number of nitrogens with one attached hydrogen (secondary N) is 2. The number of fused-ring (bicyclic) bond motifs is 1. The lowest BCUT2D eigenvalue weighted by atomic mass is 10.2. The summed E-state index contributed by atoms with van der Waals surface area (Å²) in [5, 5.41) is 8.90. The minimum atomic E-state index is -3.95. The first-order chi connectivity index (χ1) is 15.5. The number of halogens is 1. The topological polar surface area (TPSA) is 135 Å². The summed E-state index contributed by atoms with van der Waals surface area (Å²) < 4.78 is 51.1. The molecule has 3 aromatic carbocycles. The molecule has 0 saturated carbocycles. The number of nitrogens with two attached hydrogens (primary N) is 1. The summed E-state index contributed by atoms with van der Waals surface area (Å²) in [6, 6.07) is 18.0. The van der Waals surface area contributed by atoms with E-state index in [4.69, 9.17) is 16.7 Å². The second kappa shape index (κ2) is 8.76. The summed E-state index contributed by atoms with van der Waals surface area (Å²) in [5.41, 5.74) is 0.559. The Morgan fingerprint density at radius 2 is 1.39 bits per heavy atom. The van der Waals surface area contributed by atoms with Gasteiger partial charge >= 0.3 is 0 Å². The lowest BCUT2D eigenvalue weighted by Gasteiger charge is -2.10. The number of primary sulfonamides is 1. The Labute approximate surface area is 199 Å². The Bertz CT molecular complexity index is 1560. The van der Waals surface area contributed by atoms with Crippen LogP contribution >= 0.6 is 22.9 Å². The van der Waals surface area contributed by atoms with E-state index in [1.54, 1.807) is 0 Å². The number of hydrogen-bond acceptors (Lipinski definition) is 6. The third kappa shape index (κ3) is 5.02. The molecule has 0 saturated heterocycles. The molecular weight excluding hydrogens is 506 g/mol. The highest BCUT2D eigenvalue weighted by atomic mass is 35.5. The minimum absolute atomic E-state index is 0.0454. The second-order valence-electron chi connectivity index (χ2n) is 6.89. The highest BCUT2D eigenvalue weighted by Gasteiger charge is 2.18. The van der Waals surface area contributed by atoms with E-state index in [1.165, 1.54) is 59.9 Å². The third-order valence-corrected chi connectivity index (χ3v) is 8.60. The van der Waals surface area contributed by atoms with Crippen molar-refractivity contribution in [3.8, 4) is 0 Å². The van der Waals surface area contributed by atoms with Crippen molar-refractivity contribution in [1.82, 2.24) is 0 Å². The highest BCUT2D eigenvalue weighted by molar-refractivity contribution is 7.92. The molecule has 0 aliphatic heterocycles. The molecule has 0 aliphatic rings. The Morgan fingerprint density at radius 1 is 0.818 bits per heavy atom. The fourth-order valence-corrected chi connectivity index (χ4v) is 5.98. The molecule has 0 unspecified atom stereocenters. The van der Waals surface area contributed by atoms with Crippen LogP contribution in [0.15, 0.2) is 82.6 Å². The predicted octanol–water partition coefficient (Wildman–Crippen LogP) is 4.26. The van der Waals surface area contributed by atoms with Crippen LogP contribution < -0.4 is 15.2 Å². The van der Waals surface area contributed by atoms with Crippen LogP contribution in [0, 0.1) is 0 Å². The molecule has 8 nitrogen and oxygen atoms in total. The van der Waals surface area contributed by atoms with Gasteiger partial charge in [-0.3, -0.25) is 9.52 Å². The normalized spacial score (nSPS) is 11.9. The molecule has 0 fully saturated rings. The Hall–Kier alpha value is -2.96. The maximum absolute atomic E-state index is 12.7. The number of amides is 1. The lowest BCUT2D eigenvalue weighted by Crippen LogP contribution is -2.15. The number of carbonyl (C=O) groups is 1. The van der Waals surface area contributed by atoms with Gasteiger partial charge in [-0.1, -0.05) is 29.8 Å². The molecule has 12 heteroatoms. The summed E-state index contributed by atoms with van der Waals surface area (Å²) in [7, 11) is -7.83. The highest BCUT2D eigenvalue weighted by Crippen LogP contribution is 2.35. The van der Waals surface area contributed by atoms with Crippen LogP contribution in [0.2, 0.25) is 5.02 Å². The summed E-state index contributed by atoms with van der Waals surface area (Å²) in [4.78, 5) is 12.8. The van der Waals surface area contributed by atoms with Crippen LogP contribution in [0.4, 0.5) is 11.4 Å². The summed E-state index contributed by atoms with van der Waals surface area (Å²) >= 11 is 7.60. The van der Waals surface area contributed by atoms with Crippen LogP contribution in [-0.4, -0.2) is 22.7 Å². The van der Waals surface area contributed by atoms with Gasteiger partial charge in [0.05, 0.1) is 14.8 Å². The first kappa shape index (κ1) is 23.2. The van der Waals surface area contributed by atoms with E-state index in [1.807, 2.05) is 24.3 Å². The number of sulfonamides is 2. The monoisotopic (exact) mass is 521 g/mol. The van der Waals surface area contributed by atoms with Crippen molar-refractivity contribution in [1.29, 1.82) is 0 Å². The smallest absolute Gasteiger partial charge is 0.267 e. The quantitative estimate of drug-likeness (QED) is 0.348. The van der Waals surface area contributed by atoms with Crippen LogP contribution in [-0.2, 0) is 20.0 Å². The Kier molecular flexibility index (Phi) is 6.16. The fourth-order valence-electron chi connectivity index (χ4n) is 2.99. The maximum Gasteiger partial charge on any atom is 0.267 e. The van der Waals surface area contributed by atoms with Gasteiger partial charge < -0.3 is 5.32 Å². The molecule has 1 heterocycles. The van der Waals surface area contributed by atoms with Crippen molar-refractivity contribution < 1.29 is 21.6 Å². The minimum Gasteiger partial charge on any atom is -0.321 e. The molecule has 0 radical (unpaired) electrons. The lowest BCUT2D eigenvalue weighted by molar-refractivity contribution is 0.103. The van der Waals surface area contributed by atoms with Gasteiger partial charge in [-0.05, 0) is 54.6 Å². The Balaban J connectivity index is 1.49. The van der Waals surface area contributed by atoms with E-state index in [9.17, 15) is 21.6 Å². The molecule has 1 aromatic heterocycles. The molecule has 0 aliphatic carbocycles. The number of thiophene rings is 1. The van der Waals surface area contributed by atoms with Gasteiger partial charge in [-0.15, -0.1) is 11.3 Å². The van der Waals surface area contributed by atoms with Crippen LogP contribution in [0.5, 0.6) is 0 Å². The molecular formula is C21H16ClN3O5S3. The molecule has 0 bridgehead atoms. The maximum atomic E-state index is 12.7. The first-order valence-corrected chi connectivity index (χ1v) is 13.5. The van der Waals surface area contributed by atoms with Crippen molar-refractivity contribution in [2.45, 2.75) is 9.79 Å². The number of rotatable bonds is 6. The van der Waals surface area contributed by atoms with E-state index in [-0.39, 0.29) is 15.5 Å². The van der Waals surface area contributed by atoms with Gasteiger partial charge in [-0.25, -0.2) is 22.0 Å². The van der Waals surface area contributed by atoms with E-state index in [0.717, 1.165) is 10.1 Å². The first-order valence-electron chi connectivity index (χ1n) is 9.29. The molecule has 33 heavy (non-hydrogen) atoms. The standard InChI is InChI=1S/C21H16ClN3O5S3/c22-19-17-3-1-2-4-18(17)31-20(19)21(26)24-13-5-11-16(12-6-13)33(29,30)25-14-7-9-15(10-8-14)32(23,27)28/h1-12,25H,(H,24,26)(H2,23,27,28). The van der Waals surface area contributed by atoms with Crippen LogP contribution in [0.3, 0.4) is 0 Å².